The third kappa shape index (κ3) is 15.0. The van der Waals surface area contributed by atoms with Crippen molar-refractivity contribution in [2.75, 3.05) is 29.4 Å². The Morgan fingerprint density at radius 3 is 0.769 bits per heavy atom. The number of hydrogen-bond donors (Lipinski definition) is 0. The van der Waals surface area contributed by atoms with Gasteiger partial charge in [0.15, 0.2) is 0 Å². The Balaban J connectivity index is 0.000000143. The van der Waals surface area contributed by atoms with E-state index in [9.17, 15) is 0 Å². The number of furan rings is 2. The lowest BCUT2D eigenvalue weighted by Gasteiger charge is -2.26. The van der Waals surface area contributed by atoms with Gasteiger partial charge < -0.3 is 42.8 Å². The molecule has 0 N–H and O–H groups in total. The van der Waals surface area contributed by atoms with Crippen molar-refractivity contribution in [3.05, 3.63) is 528 Å². The van der Waals surface area contributed by atoms with E-state index in [1.54, 1.807) is 0 Å². The van der Waals surface area contributed by atoms with Crippen LogP contribution >= 0.6 is 22.7 Å². The molecular formula is C132H87N7O2S2. The van der Waals surface area contributed by atoms with Crippen LogP contribution in [0.15, 0.2) is 537 Å². The first-order chi connectivity index (χ1) is 70.9. The molecule has 0 saturated heterocycles. The van der Waals surface area contributed by atoms with E-state index < -0.39 is 0 Å². The van der Waals surface area contributed by atoms with Gasteiger partial charge in [0.25, 0.3) is 0 Å². The Kier molecular flexibility index (Phi) is 20.8. The van der Waals surface area contributed by atoms with Crippen molar-refractivity contribution in [1.29, 1.82) is 0 Å². The number of aromatic nitrogens is 1. The van der Waals surface area contributed by atoms with Crippen molar-refractivity contribution in [3.8, 4) is 5.69 Å². The standard InChI is InChI=1S/C66H44N4OS.C66H43N3OS/c1-6-18-45(19-7-1)67(46-20-8-2-9-21-46)54-31-36-57-58-40-50(32-37-63(58)71-64(57)44-54)68(47-22-10-3-11-23-47)51-33-38-65-59(41-51)60-42-52(34-39-66(60)72-65)69(48-24-12-4-13-25-48)53-30-35-56-55-28-16-17-29-61(55)70(62(56)43-53)49-26-14-5-15-27-49;1-5-17-44(18-6-1)67(45-19-7-2-8-20-45)49-31-36-63-60(40-49)61-41-50(32-37-64(61)70-63)69(48-29-34-57-55-27-14-13-25-53(55)54-26-15-16-28-56(54)59(57)39-48)51-33-38-65-62(42-51)58-35-30-52(43-66(58)71-65)68(46-21-9-3-10-22-46)47-23-11-4-12-24-47/h1-44H;1-43H. The molecule has 0 radical (unpaired) electrons. The predicted molar refractivity (Wildman–Crippen MR) is 608 cm³/mol. The molecule has 674 valence electrons. The number of fused-ring (bicyclic) bond motifs is 21. The molecule has 5 heterocycles. The van der Waals surface area contributed by atoms with Gasteiger partial charge in [-0.3, -0.25) is 0 Å². The summed E-state index contributed by atoms with van der Waals surface area (Å²) in [5.74, 6) is 0. The van der Waals surface area contributed by atoms with E-state index in [1.165, 1.54) is 89.0 Å². The van der Waals surface area contributed by atoms with Crippen molar-refractivity contribution < 1.29 is 8.83 Å². The third-order valence-corrected chi connectivity index (χ3v) is 30.1. The first-order valence-electron chi connectivity index (χ1n) is 48.4. The van der Waals surface area contributed by atoms with Crippen LogP contribution in [-0.4, -0.2) is 4.57 Å². The van der Waals surface area contributed by atoms with Crippen LogP contribution in [0.3, 0.4) is 0 Å². The molecule has 11 heteroatoms. The van der Waals surface area contributed by atoms with E-state index in [4.69, 9.17) is 8.83 Å². The number of rotatable bonds is 19. The summed E-state index contributed by atoms with van der Waals surface area (Å²) < 4.78 is 20.7. The molecule has 0 amide bonds. The normalized spacial score (nSPS) is 11.6. The highest BCUT2D eigenvalue weighted by atomic mass is 32.1. The smallest absolute Gasteiger partial charge is 0.137 e. The monoisotopic (exact) mass is 1870 g/mol. The van der Waals surface area contributed by atoms with Crippen LogP contribution in [0.25, 0.3) is 144 Å². The summed E-state index contributed by atoms with van der Waals surface area (Å²) in [6.45, 7) is 0. The minimum absolute atomic E-state index is 0.841. The average Bonchev–Trinajstić information content (AvgIpc) is 1.53. The van der Waals surface area contributed by atoms with Gasteiger partial charge in [-0.1, -0.05) is 249 Å². The summed E-state index contributed by atoms with van der Waals surface area (Å²) in [5.41, 5.74) is 26.4. The molecule has 0 aliphatic rings. The van der Waals surface area contributed by atoms with E-state index >= 15 is 0 Å². The predicted octanol–water partition coefficient (Wildman–Crippen LogP) is 39.3. The maximum absolute atomic E-state index is 6.66. The van der Waals surface area contributed by atoms with Crippen molar-refractivity contribution >= 4 is 263 Å². The maximum Gasteiger partial charge on any atom is 0.137 e. The topological polar surface area (TPSA) is 50.7 Å². The second-order valence-electron chi connectivity index (χ2n) is 36.3. The maximum atomic E-state index is 6.66. The van der Waals surface area contributed by atoms with Crippen LogP contribution in [0.1, 0.15) is 0 Å². The van der Waals surface area contributed by atoms with Gasteiger partial charge in [0.2, 0.25) is 0 Å². The van der Waals surface area contributed by atoms with Gasteiger partial charge in [-0.25, -0.2) is 0 Å². The minimum atomic E-state index is 0.841. The Labute approximate surface area is 833 Å². The quantitative estimate of drug-likeness (QED) is 0.0743. The fourth-order valence-corrected chi connectivity index (χ4v) is 23.6. The van der Waals surface area contributed by atoms with Crippen LogP contribution in [0.4, 0.5) is 102 Å². The zero-order valence-corrected chi connectivity index (χ0v) is 79.1. The molecule has 5 aromatic heterocycles. The Morgan fingerprint density at radius 1 is 0.133 bits per heavy atom. The van der Waals surface area contributed by atoms with Gasteiger partial charge in [0.05, 0.1) is 11.0 Å². The second kappa shape index (κ2) is 35.5. The Morgan fingerprint density at radius 2 is 0.371 bits per heavy atom. The van der Waals surface area contributed by atoms with Crippen LogP contribution < -0.4 is 29.4 Å². The first-order valence-corrected chi connectivity index (χ1v) is 50.0. The van der Waals surface area contributed by atoms with Gasteiger partial charge in [0.1, 0.15) is 22.3 Å². The number of hydrogen-bond acceptors (Lipinski definition) is 10. The summed E-state index contributed by atoms with van der Waals surface area (Å²) in [4.78, 5) is 14.1. The van der Waals surface area contributed by atoms with Crippen LogP contribution in [0.2, 0.25) is 0 Å². The largest absolute Gasteiger partial charge is 0.456 e. The molecular weight excluding hydrogens is 1780 g/mol. The summed E-state index contributed by atoms with van der Waals surface area (Å²) >= 11 is 3.68. The van der Waals surface area contributed by atoms with E-state index in [-0.39, 0.29) is 0 Å². The van der Waals surface area contributed by atoms with Gasteiger partial charge in [0, 0.05) is 187 Å². The molecule has 23 aromatic carbocycles. The van der Waals surface area contributed by atoms with E-state index in [2.05, 4.69) is 562 Å². The molecule has 0 saturated carbocycles. The van der Waals surface area contributed by atoms with Gasteiger partial charge in [-0.2, -0.15) is 0 Å². The zero-order chi connectivity index (χ0) is 94.4. The molecule has 0 atom stereocenters. The number of para-hydroxylation sites is 10. The molecule has 9 nitrogen and oxygen atoms in total. The molecule has 0 unspecified atom stereocenters. The Hall–Kier alpha value is -18.5. The highest BCUT2D eigenvalue weighted by Crippen LogP contribution is 2.52. The molecule has 0 aliphatic carbocycles. The average molecular weight is 1870 g/mol. The molecule has 0 bridgehead atoms. The van der Waals surface area contributed by atoms with Crippen LogP contribution in [0, 0.1) is 0 Å². The fourth-order valence-electron chi connectivity index (χ4n) is 21.4. The fraction of sp³-hybridized carbons (Fsp3) is 0. The highest BCUT2D eigenvalue weighted by Gasteiger charge is 2.27. The molecule has 0 aliphatic heterocycles. The Bertz CT molecular complexity index is 9550. The number of benzene rings is 23. The van der Waals surface area contributed by atoms with Crippen molar-refractivity contribution in [3.63, 3.8) is 0 Å². The van der Waals surface area contributed by atoms with Gasteiger partial charge in [-0.15, -0.1) is 22.7 Å². The summed E-state index contributed by atoms with van der Waals surface area (Å²) in [6.07, 6.45) is 0. The lowest BCUT2D eigenvalue weighted by Crippen LogP contribution is -2.10. The second-order valence-corrected chi connectivity index (χ2v) is 38.4. The lowest BCUT2D eigenvalue weighted by atomic mass is 9.94. The molecule has 28 aromatic rings. The minimum Gasteiger partial charge on any atom is -0.456 e. The summed E-state index contributed by atoms with van der Waals surface area (Å²) in [5, 5.41) is 19.1. The molecule has 28 rings (SSSR count). The zero-order valence-electron chi connectivity index (χ0n) is 77.5. The van der Waals surface area contributed by atoms with Crippen molar-refractivity contribution in [2.24, 2.45) is 0 Å². The lowest BCUT2D eigenvalue weighted by molar-refractivity contribution is 0.668. The SMILES string of the molecule is c1ccc(N(c2ccccc2)c2ccc3c(c2)oc2ccc(N(c4ccccc4)c4ccc5sc6ccc(N(c7ccccc7)c7ccc8c9ccccc9n(-c9ccccc9)c8c7)cc6c5c4)cc23)cc1.c1ccc(N(c2ccccc2)c2ccc3c(c2)sc2ccc(N(c4ccc5oc6ccc(N(c7ccccc7)c7ccccc7)cc6c5c4)c4ccc5c6ccccc6c6ccccc6c5c4)cc23)cc1. The number of thiophene rings is 2. The molecule has 0 fully saturated rings. The van der Waals surface area contributed by atoms with E-state index in [0.29, 0.717) is 0 Å². The summed E-state index contributed by atoms with van der Waals surface area (Å²) in [6, 6.07) is 190. The van der Waals surface area contributed by atoms with E-state index in [1.807, 2.05) is 22.7 Å². The van der Waals surface area contributed by atoms with Crippen molar-refractivity contribution in [1.82, 2.24) is 4.57 Å². The van der Waals surface area contributed by atoms with Gasteiger partial charge in [-0.05, 0) is 305 Å². The van der Waals surface area contributed by atoms with E-state index in [0.717, 1.165) is 157 Å². The van der Waals surface area contributed by atoms with Crippen LogP contribution in [-0.2, 0) is 0 Å². The molecule has 143 heavy (non-hydrogen) atoms. The summed E-state index contributed by atoms with van der Waals surface area (Å²) in [7, 11) is 0. The van der Waals surface area contributed by atoms with Crippen molar-refractivity contribution in [2.45, 2.75) is 0 Å². The van der Waals surface area contributed by atoms with Gasteiger partial charge >= 0.3 is 0 Å². The highest BCUT2D eigenvalue weighted by molar-refractivity contribution is 7.26. The first kappa shape index (κ1) is 83.8. The molecule has 0 spiro atoms. The van der Waals surface area contributed by atoms with Crippen LogP contribution in [0.5, 0.6) is 0 Å². The number of anilines is 18. The number of nitrogens with zero attached hydrogens (tertiary/aromatic N) is 7. The third-order valence-electron chi connectivity index (χ3n) is 27.8.